The summed E-state index contributed by atoms with van der Waals surface area (Å²) in [6.45, 7) is 7.72. The van der Waals surface area contributed by atoms with E-state index in [0.717, 1.165) is 42.8 Å². The Kier molecular flexibility index (Phi) is 5.95. The van der Waals surface area contributed by atoms with Crippen molar-refractivity contribution in [1.29, 1.82) is 0 Å². The van der Waals surface area contributed by atoms with E-state index in [9.17, 15) is 9.59 Å². The maximum Gasteiger partial charge on any atom is 0.192 e. The number of ketones is 1. The maximum atomic E-state index is 13.0. The van der Waals surface area contributed by atoms with Crippen molar-refractivity contribution in [3.05, 3.63) is 52.0 Å². The highest BCUT2D eigenvalue weighted by molar-refractivity contribution is 6.04. The number of aromatic nitrogens is 4. The van der Waals surface area contributed by atoms with Crippen LogP contribution < -0.4 is 5.43 Å². The van der Waals surface area contributed by atoms with Crippen LogP contribution in [0, 0.1) is 0 Å². The number of hydrogen-bond acceptors (Lipinski definition) is 6. The number of pyridine rings is 2. The van der Waals surface area contributed by atoms with E-state index in [2.05, 4.69) is 35.7 Å². The van der Waals surface area contributed by atoms with Gasteiger partial charge in [-0.2, -0.15) is 0 Å². The highest BCUT2D eigenvalue weighted by Gasteiger charge is 2.28. The molecule has 1 saturated carbocycles. The molecule has 4 rings (SSSR count). The van der Waals surface area contributed by atoms with Crippen LogP contribution in [0.2, 0.25) is 0 Å². The van der Waals surface area contributed by atoms with Gasteiger partial charge < -0.3 is 9.72 Å². The molecule has 0 saturated heterocycles. The molecule has 1 aliphatic carbocycles. The fourth-order valence-corrected chi connectivity index (χ4v) is 4.46. The summed E-state index contributed by atoms with van der Waals surface area (Å²) in [6.07, 6.45) is 7.58. The molecule has 3 heterocycles. The van der Waals surface area contributed by atoms with Gasteiger partial charge in [0, 0.05) is 49.4 Å². The van der Waals surface area contributed by atoms with Gasteiger partial charge in [-0.15, -0.1) is 0 Å². The number of methoxy groups -OCH3 is 1. The molecule has 7 heteroatoms. The number of fused-ring (bicyclic) bond motifs is 1. The van der Waals surface area contributed by atoms with Gasteiger partial charge in [-0.1, -0.05) is 20.8 Å². The van der Waals surface area contributed by atoms with E-state index < -0.39 is 0 Å². The van der Waals surface area contributed by atoms with Crippen LogP contribution in [0.1, 0.15) is 81.3 Å². The summed E-state index contributed by atoms with van der Waals surface area (Å²) in [5.41, 5.74) is 2.81. The molecule has 3 aromatic rings. The molecule has 0 bridgehead atoms. The van der Waals surface area contributed by atoms with E-state index >= 15 is 0 Å². The monoisotopic (exact) mass is 434 g/mol. The topological polar surface area (TPSA) is 97.8 Å². The Morgan fingerprint density at radius 2 is 1.88 bits per heavy atom. The molecular weight excluding hydrogens is 404 g/mol. The number of hydrogen-bond donors (Lipinski definition) is 1. The highest BCUT2D eigenvalue weighted by atomic mass is 16.5. The van der Waals surface area contributed by atoms with Gasteiger partial charge in [0.1, 0.15) is 11.5 Å². The Morgan fingerprint density at radius 1 is 1.16 bits per heavy atom. The lowest BCUT2D eigenvalue weighted by molar-refractivity contribution is 0.0655. The summed E-state index contributed by atoms with van der Waals surface area (Å²) in [4.78, 5) is 42.1. The second-order valence-corrected chi connectivity index (χ2v) is 9.64. The van der Waals surface area contributed by atoms with E-state index in [1.807, 2.05) is 6.20 Å². The summed E-state index contributed by atoms with van der Waals surface area (Å²) >= 11 is 0. The van der Waals surface area contributed by atoms with Gasteiger partial charge in [0.25, 0.3) is 0 Å². The third-order valence-corrected chi connectivity index (χ3v) is 6.25. The molecule has 0 aromatic carbocycles. The van der Waals surface area contributed by atoms with Crippen LogP contribution in [0.25, 0.3) is 22.2 Å². The van der Waals surface area contributed by atoms with Crippen molar-refractivity contribution < 1.29 is 9.53 Å². The van der Waals surface area contributed by atoms with Crippen LogP contribution in [-0.4, -0.2) is 38.9 Å². The van der Waals surface area contributed by atoms with Crippen molar-refractivity contribution >= 4 is 16.7 Å². The van der Waals surface area contributed by atoms with Crippen molar-refractivity contribution in [3.63, 3.8) is 0 Å². The van der Waals surface area contributed by atoms with Crippen molar-refractivity contribution in [2.45, 2.75) is 70.8 Å². The quantitative estimate of drug-likeness (QED) is 0.605. The van der Waals surface area contributed by atoms with Crippen molar-refractivity contribution in [3.8, 4) is 11.3 Å². The average molecular weight is 435 g/mol. The minimum Gasteiger partial charge on any atom is -0.381 e. The number of Topliss-reactive ketones (excluding diaryl/α,β-unsaturated/α-hetero) is 1. The molecule has 168 valence electrons. The van der Waals surface area contributed by atoms with Crippen LogP contribution in [0.4, 0.5) is 0 Å². The van der Waals surface area contributed by atoms with Crippen molar-refractivity contribution in [1.82, 2.24) is 19.9 Å². The molecule has 0 radical (unpaired) electrons. The first-order chi connectivity index (χ1) is 15.2. The number of H-pyrrole nitrogens is 1. The van der Waals surface area contributed by atoms with Crippen molar-refractivity contribution in [2.24, 2.45) is 0 Å². The normalized spacial score (nSPS) is 19.3. The van der Waals surface area contributed by atoms with E-state index in [-0.39, 0.29) is 34.3 Å². The molecule has 1 fully saturated rings. The number of aromatic amines is 1. The Bertz CT molecular complexity index is 1220. The number of rotatable bonds is 4. The first kappa shape index (κ1) is 22.3. The SMILES string of the molecule is COC1CCC(c2nc(C(C)(C)C)ncc2-c2cc(=O)c3c(C(C)=O)nccc3[nH]2)CC1. The van der Waals surface area contributed by atoms with Gasteiger partial charge in [-0.05, 0) is 31.7 Å². The Balaban J connectivity index is 1.87. The van der Waals surface area contributed by atoms with Crippen LogP contribution >= 0.6 is 0 Å². The van der Waals surface area contributed by atoms with Gasteiger partial charge in [-0.3, -0.25) is 14.6 Å². The van der Waals surface area contributed by atoms with Crippen molar-refractivity contribution in [2.75, 3.05) is 7.11 Å². The zero-order valence-electron chi connectivity index (χ0n) is 19.4. The molecular formula is C25H30N4O3. The predicted octanol–water partition coefficient (Wildman–Crippen LogP) is 4.55. The van der Waals surface area contributed by atoms with Crippen LogP contribution in [0.3, 0.4) is 0 Å². The molecule has 3 aromatic heterocycles. The molecule has 7 nitrogen and oxygen atoms in total. The van der Waals surface area contributed by atoms with Crippen LogP contribution in [0.5, 0.6) is 0 Å². The smallest absolute Gasteiger partial charge is 0.192 e. The third kappa shape index (κ3) is 4.21. The number of nitrogens with zero attached hydrogens (tertiary/aromatic N) is 3. The number of carbonyl (C=O) groups is 1. The zero-order valence-corrected chi connectivity index (χ0v) is 19.4. The summed E-state index contributed by atoms with van der Waals surface area (Å²) in [6, 6.07) is 3.26. The van der Waals surface area contributed by atoms with Gasteiger partial charge in [0.15, 0.2) is 11.2 Å². The zero-order chi connectivity index (χ0) is 23.0. The average Bonchev–Trinajstić information content (AvgIpc) is 2.77. The van der Waals surface area contributed by atoms with E-state index in [1.165, 1.54) is 13.0 Å². The lowest BCUT2D eigenvalue weighted by Gasteiger charge is -2.29. The largest absolute Gasteiger partial charge is 0.381 e. The molecule has 0 spiro atoms. The van der Waals surface area contributed by atoms with E-state index in [1.54, 1.807) is 19.4 Å². The lowest BCUT2D eigenvalue weighted by atomic mass is 9.83. The van der Waals surface area contributed by atoms with Gasteiger partial charge in [0.05, 0.1) is 28.4 Å². The van der Waals surface area contributed by atoms with Crippen LogP contribution in [-0.2, 0) is 10.2 Å². The maximum absolute atomic E-state index is 13.0. The second-order valence-electron chi connectivity index (χ2n) is 9.64. The summed E-state index contributed by atoms with van der Waals surface area (Å²) < 4.78 is 5.55. The third-order valence-electron chi connectivity index (χ3n) is 6.25. The molecule has 0 amide bonds. The second kappa shape index (κ2) is 8.54. The Morgan fingerprint density at radius 3 is 2.50 bits per heavy atom. The van der Waals surface area contributed by atoms with Crippen LogP contribution in [0.15, 0.2) is 29.3 Å². The standard InChI is InChI=1S/C25H30N4O3/c1-14(30)22-21-18(10-11-26-22)28-19(12-20(21)31)17-13-27-24(25(2,3)4)29-23(17)15-6-8-16(32-5)9-7-15/h10-13,15-16H,6-9H2,1-5H3,(H,28,31). The predicted molar refractivity (Wildman–Crippen MR) is 124 cm³/mol. The fourth-order valence-electron chi connectivity index (χ4n) is 4.46. The van der Waals surface area contributed by atoms with Gasteiger partial charge in [-0.25, -0.2) is 9.97 Å². The number of ether oxygens (including phenoxy) is 1. The first-order valence-corrected chi connectivity index (χ1v) is 11.1. The minimum absolute atomic E-state index is 0.185. The number of carbonyl (C=O) groups excluding carboxylic acids is 1. The minimum atomic E-state index is -0.235. The molecule has 0 unspecified atom stereocenters. The molecule has 1 N–H and O–H groups in total. The summed E-state index contributed by atoms with van der Waals surface area (Å²) in [5.74, 6) is 0.823. The summed E-state index contributed by atoms with van der Waals surface area (Å²) in [7, 11) is 1.77. The molecule has 32 heavy (non-hydrogen) atoms. The lowest BCUT2D eigenvalue weighted by Crippen LogP contribution is -2.23. The molecule has 0 atom stereocenters. The molecule has 0 aliphatic heterocycles. The van der Waals surface area contributed by atoms with E-state index in [4.69, 9.17) is 9.72 Å². The van der Waals surface area contributed by atoms with E-state index in [0.29, 0.717) is 16.6 Å². The Hall–Kier alpha value is -2.93. The first-order valence-electron chi connectivity index (χ1n) is 11.1. The fraction of sp³-hybridized carbons (Fsp3) is 0.480. The van der Waals surface area contributed by atoms with Gasteiger partial charge >= 0.3 is 0 Å². The molecule has 1 aliphatic rings. The summed E-state index contributed by atoms with van der Waals surface area (Å²) in [5, 5.41) is 0.318. The Labute approximate surface area is 187 Å². The van der Waals surface area contributed by atoms with Gasteiger partial charge in [0.2, 0.25) is 0 Å². The highest BCUT2D eigenvalue weighted by Crippen LogP contribution is 2.38. The number of nitrogens with one attached hydrogen (secondary N) is 1.